The number of thiazole rings is 1. The molecule has 5 rings (SSSR count). The molecule has 3 heterocycles. The SMILES string of the molecule is Cc1nc(C)c(S(=O)(=O)N(C)c2c3cccnc3c(O)c3c(O)n(Cc4ccc(F)cc4)cc23)s1. The molecule has 0 aliphatic heterocycles. The molecule has 3 aromatic heterocycles. The molecular weight excluding hydrogens is 491 g/mol. The van der Waals surface area contributed by atoms with Crippen molar-refractivity contribution in [1.82, 2.24) is 14.5 Å². The van der Waals surface area contributed by atoms with Crippen LogP contribution in [0.1, 0.15) is 16.3 Å². The highest BCUT2D eigenvalue weighted by atomic mass is 32.2. The minimum Gasteiger partial charge on any atom is -0.505 e. The number of fused-ring (bicyclic) bond motifs is 2. The molecule has 0 unspecified atom stereocenters. The van der Waals surface area contributed by atoms with E-state index in [9.17, 15) is 23.0 Å². The van der Waals surface area contributed by atoms with E-state index in [-0.39, 0.29) is 44.8 Å². The molecule has 0 amide bonds. The van der Waals surface area contributed by atoms with Gasteiger partial charge in [0.05, 0.1) is 28.3 Å². The lowest BCUT2D eigenvalue weighted by atomic mass is 10.1. The fraction of sp³-hybridized carbons (Fsp3) is 0.167. The maximum atomic E-state index is 13.7. The Balaban J connectivity index is 1.78. The quantitative estimate of drug-likeness (QED) is 0.354. The van der Waals surface area contributed by atoms with E-state index >= 15 is 0 Å². The first-order valence-corrected chi connectivity index (χ1v) is 12.8. The average Bonchev–Trinajstić information content (AvgIpc) is 3.34. The van der Waals surface area contributed by atoms with Gasteiger partial charge in [0, 0.05) is 30.2 Å². The Hall–Kier alpha value is -3.70. The third-order valence-electron chi connectivity index (χ3n) is 5.87. The number of hydrogen-bond acceptors (Lipinski definition) is 7. The highest BCUT2D eigenvalue weighted by molar-refractivity contribution is 7.94. The molecule has 35 heavy (non-hydrogen) atoms. The highest BCUT2D eigenvalue weighted by Crippen LogP contribution is 2.47. The van der Waals surface area contributed by atoms with Crippen LogP contribution in [0.3, 0.4) is 0 Å². The van der Waals surface area contributed by atoms with Crippen LogP contribution in [-0.2, 0) is 16.6 Å². The molecule has 0 fully saturated rings. The summed E-state index contributed by atoms with van der Waals surface area (Å²) in [6, 6.07) is 9.12. The summed E-state index contributed by atoms with van der Waals surface area (Å²) in [5.74, 6) is -0.898. The Bertz CT molecular complexity index is 1710. The Morgan fingerprint density at radius 3 is 2.49 bits per heavy atom. The lowest BCUT2D eigenvalue weighted by Crippen LogP contribution is -2.27. The van der Waals surface area contributed by atoms with Crippen LogP contribution in [0.2, 0.25) is 0 Å². The molecule has 0 saturated heterocycles. The molecule has 2 aromatic carbocycles. The summed E-state index contributed by atoms with van der Waals surface area (Å²) < 4.78 is 43.4. The number of aromatic nitrogens is 3. The van der Waals surface area contributed by atoms with Gasteiger partial charge in [-0.3, -0.25) is 9.29 Å². The van der Waals surface area contributed by atoms with Crippen LogP contribution >= 0.6 is 11.3 Å². The number of halogens is 1. The second-order valence-electron chi connectivity index (χ2n) is 8.17. The Kier molecular flexibility index (Phi) is 5.41. The Morgan fingerprint density at radius 2 is 1.83 bits per heavy atom. The van der Waals surface area contributed by atoms with Crippen molar-refractivity contribution in [2.24, 2.45) is 0 Å². The summed E-state index contributed by atoms with van der Waals surface area (Å²) in [5, 5.41) is 23.5. The van der Waals surface area contributed by atoms with Crippen molar-refractivity contribution in [3.05, 3.63) is 70.9 Å². The van der Waals surface area contributed by atoms with E-state index < -0.39 is 10.0 Å². The van der Waals surface area contributed by atoms with E-state index in [1.165, 1.54) is 29.9 Å². The minimum absolute atomic E-state index is 0.0765. The number of aryl methyl sites for hydroxylation is 2. The number of rotatable bonds is 5. The second-order valence-corrected chi connectivity index (χ2v) is 11.5. The van der Waals surface area contributed by atoms with Gasteiger partial charge in [-0.05, 0) is 43.7 Å². The van der Waals surface area contributed by atoms with Gasteiger partial charge in [0.15, 0.2) is 9.96 Å². The van der Waals surface area contributed by atoms with Gasteiger partial charge < -0.3 is 14.8 Å². The predicted molar refractivity (Wildman–Crippen MR) is 133 cm³/mol. The van der Waals surface area contributed by atoms with Crippen molar-refractivity contribution in [1.29, 1.82) is 0 Å². The molecule has 0 atom stereocenters. The average molecular weight is 513 g/mol. The van der Waals surface area contributed by atoms with Crippen LogP contribution in [0.5, 0.6) is 11.6 Å². The number of hydrogen-bond donors (Lipinski definition) is 2. The van der Waals surface area contributed by atoms with E-state index in [2.05, 4.69) is 9.97 Å². The normalized spacial score (nSPS) is 12.0. The van der Waals surface area contributed by atoms with Crippen LogP contribution in [0.4, 0.5) is 10.1 Å². The van der Waals surface area contributed by atoms with E-state index in [1.807, 2.05) is 0 Å². The lowest BCUT2D eigenvalue weighted by Gasteiger charge is -2.22. The Morgan fingerprint density at radius 1 is 1.11 bits per heavy atom. The smallest absolute Gasteiger partial charge is 0.275 e. The fourth-order valence-electron chi connectivity index (χ4n) is 4.25. The summed E-state index contributed by atoms with van der Waals surface area (Å²) in [7, 11) is -2.59. The van der Waals surface area contributed by atoms with Crippen molar-refractivity contribution in [2.45, 2.75) is 24.6 Å². The summed E-state index contributed by atoms with van der Waals surface area (Å²) in [6.45, 7) is 3.55. The summed E-state index contributed by atoms with van der Waals surface area (Å²) >= 11 is 1.08. The zero-order valence-electron chi connectivity index (χ0n) is 19.0. The lowest BCUT2D eigenvalue weighted by molar-refractivity contribution is 0.425. The molecule has 2 N–H and O–H groups in total. The zero-order chi connectivity index (χ0) is 25.1. The number of nitrogens with zero attached hydrogens (tertiary/aromatic N) is 4. The van der Waals surface area contributed by atoms with Crippen LogP contribution in [0.25, 0.3) is 21.7 Å². The summed E-state index contributed by atoms with van der Waals surface area (Å²) in [5.41, 5.74) is 1.53. The van der Waals surface area contributed by atoms with Gasteiger partial charge in [-0.2, -0.15) is 0 Å². The first kappa shape index (κ1) is 23.1. The number of phenols is 1. The maximum Gasteiger partial charge on any atom is 0.275 e. The van der Waals surface area contributed by atoms with E-state index in [0.29, 0.717) is 27.0 Å². The standard InChI is InChI=1S/C24H21FN4O4S2/c1-13-24(34-14(2)27-13)35(32,33)28(3)21-17-5-4-10-26-20(17)22(30)19-18(21)12-29(23(19)31)11-15-6-8-16(25)9-7-15/h4-10,12,30-31H,11H2,1-3H3. The molecule has 0 aliphatic rings. The van der Waals surface area contributed by atoms with Crippen LogP contribution in [0, 0.1) is 19.7 Å². The van der Waals surface area contributed by atoms with Crippen molar-refractivity contribution >= 4 is 48.7 Å². The van der Waals surface area contributed by atoms with Gasteiger partial charge in [0.25, 0.3) is 10.0 Å². The monoisotopic (exact) mass is 512 g/mol. The number of phenolic OH excluding ortho intramolecular Hbond substituents is 1. The number of anilines is 1. The topological polar surface area (TPSA) is 109 Å². The summed E-state index contributed by atoms with van der Waals surface area (Å²) in [4.78, 5) is 8.50. The first-order chi connectivity index (χ1) is 16.6. The molecule has 0 bridgehead atoms. The summed E-state index contributed by atoms with van der Waals surface area (Å²) in [6.07, 6.45) is 3.06. The van der Waals surface area contributed by atoms with Gasteiger partial charge >= 0.3 is 0 Å². The Labute approximate surface area is 204 Å². The predicted octanol–water partition coefficient (Wildman–Crippen LogP) is 4.69. The molecule has 0 aliphatic carbocycles. The van der Waals surface area contributed by atoms with Crippen molar-refractivity contribution < 1.29 is 23.0 Å². The highest BCUT2D eigenvalue weighted by Gasteiger charge is 2.31. The van der Waals surface area contributed by atoms with E-state index in [1.54, 1.807) is 44.3 Å². The van der Waals surface area contributed by atoms with Crippen molar-refractivity contribution in [3.8, 4) is 11.6 Å². The van der Waals surface area contributed by atoms with Crippen LogP contribution < -0.4 is 4.31 Å². The molecule has 0 spiro atoms. The van der Waals surface area contributed by atoms with E-state index in [4.69, 9.17) is 0 Å². The van der Waals surface area contributed by atoms with Gasteiger partial charge in [0.1, 0.15) is 11.3 Å². The molecule has 5 aromatic rings. The molecule has 180 valence electrons. The molecule has 11 heteroatoms. The van der Waals surface area contributed by atoms with Gasteiger partial charge in [-0.1, -0.05) is 12.1 Å². The van der Waals surface area contributed by atoms with Crippen LogP contribution in [0.15, 0.2) is 53.0 Å². The molecular formula is C24H21FN4O4S2. The zero-order valence-corrected chi connectivity index (χ0v) is 20.7. The number of benzene rings is 2. The fourth-order valence-corrected chi connectivity index (χ4v) is 7.12. The number of aromatic hydroxyl groups is 2. The largest absolute Gasteiger partial charge is 0.505 e. The van der Waals surface area contributed by atoms with Crippen molar-refractivity contribution in [3.63, 3.8) is 0 Å². The molecule has 8 nitrogen and oxygen atoms in total. The van der Waals surface area contributed by atoms with Crippen molar-refractivity contribution in [2.75, 3.05) is 11.4 Å². The van der Waals surface area contributed by atoms with Gasteiger partial charge in [-0.25, -0.2) is 17.8 Å². The maximum absolute atomic E-state index is 13.7. The van der Waals surface area contributed by atoms with Gasteiger partial charge in [-0.15, -0.1) is 11.3 Å². The second kappa shape index (κ2) is 8.21. The van der Waals surface area contributed by atoms with Gasteiger partial charge in [0.2, 0.25) is 5.88 Å². The third-order valence-corrected chi connectivity index (χ3v) is 9.28. The molecule has 0 saturated carbocycles. The molecule has 0 radical (unpaired) electrons. The first-order valence-electron chi connectivity index (χ1n) is 10.6. The van der Waals surface area contributed by atoms with E-state index in [0.717, 1.165) is 15.6 Å². The van der Waals surface area contributed by atoms with Crippen LogP contribution in [-0.4, -0.2) is 40.2 Å². The third kappa shape index (κ3) is 3.67. The number of sulfonamides is 1. The number of pyridine rings is 1. The minimum atomic E-state index is -4.02.